The Bertz CT molecular complexity index is 1230. The highest BCUT2D eigenvalue weighted by atomic mass is 32.2. The zero-order valence-electron chi connectivity index (χ0n) is 20.7. The van der Waals surface area contributed by atoms with Crippen molar-refractivity contribution in [2.75, 3.05) is 31.1 Å². The third kappa shape index (κ3) is 5.14. The molecule has 1 aromatic heterocycles. The largest absolute Gasteiger partial charge is 0.484 e. The van der Waals surface area contributed by atoms with E-state index in [2.05, 4.69) is 42.2 Å². The molecule has 0 N–H and O–H groups in total. The Morgan fingerprint density at radius 3 is 2.64 bits per heavy atom. The summed E-state index contributed by atoms with van der Waals surface area (Å²) in [4.78, 5) is 33.7. The molecule has 0 spiro atoms. The van der Waals surface area contributed by atoms with Crippen LogP contribution in [0.2, 0.25) is 0 Å². The molecule has 0 bridgehead atoms. The molecule has 1 unspecified atom stereocenters. The SMILES string of the molecule is CCC(=O)N1CCc2ccc(OCc3nc(C(=O)N4CCSCC4)co3)cc2C1c1ccc(C)cc1. The molecule has 3 heterocycles. The van der Waals surface area contributed by atoms with Crippen LogP contribution in [0.3, 0.4) is 0 Å². The van der Waals surface area contributed by atoms with Crippen LogP contribution in [0, 0.1) is 6.92 Å². The van der Waals surface area contributed by atoms with E-state index in [0.29, 0.717) is 30.3 Å². The first-order chi connectivity index (χ1) is 17.5. The Morgan fingerprint density at radius 1 is 1.11 bits per heavy atom. The molecule has 0 saturated carbocycles. The first kappa shape index (κ1) is 24.4. The quantitative estimate of drug-likeness (QED) is 0.486. The molecular formula is C28H31N3O4S. The predicted octanol–water partition coefficient (Wildman–Crippen LogP) is 4.64. The second kappa shape index (κ2) is 10.8. The van der Waals surface area contributed by atoms with Gasteiger partial charge in [0.15, 0.2) is 12.3 Å². The van der Waals surface area contributed by atoms with Gasteiger partial charge in [0.25, 0.3) is 5.91 Å². The topological polar surface area (TPSA) is 75.9 Å². The number of fused-ring (bicyclic) bond motifs is 1. The average molecular weight is 506 g/mol. The van der Waals surface area contributed by atoms with Gasteiger partial charge in [-0.25, -0.2) is 4.98 Å². The van der Waals surface area contributed by atoms with Crippen molar-refractivity contribution in [1.29, 1.82) is 0 Å². The van der Waals surface area contributed by atoms with Gasteiger partial charge in [-0.3, -0.25) is 9.59 Å². The van der Waals surface area contributed by atoms with Gasteiger partial charge in [0.1, 0.15) is 12.0 Å². The van der Waals surface area contributed by atoms with E-state index in [1.807, 2.05) is 40.6 Å². The lowest BCUT2D eigenvalue weighted by atomic mass is 9.87. The molecule has 3 aromatic rings. The summed E-state index contributed by atoms with van der Waals surface area (Å²) in [6, 6.07) is 14.3. The highest BCUT2D eigenvalue weighted by Crippen LogP contribution is 2.37. The fourth-order valence-electron chi connectivity index (χ4n) is 4.81. The first-order valence-electron chi connectivity index (χ1n) is 12.5. The lowest BCUT2D eigenvalue weighted by Crippen LogP contribution is -2.40. The van der Waals surface area contributed by atoms with Crippen molar-refractivity contribution in [2.24, 2.45) is 0 Å². The van der Waals surface area contributed by atoms with Crippen LogP contribution in [0.25, 0.3) is 0 Å². The Hall–Kier alpha value is -3.26. The van der Waals surface area contributed by atoms with Crippen molar-refractivity contribution in [3.05, 3.63) is 82.6 Å². The summed E-state index contributed by atoms with van der Waals surface area (Å²) in [5.74, 6) is 2.98. The standard InChI is InChI=1S/C28H31N3O4S/c1-3-26(32)31-11-10-20-8-9-22(16-23(20)27(31)21-6-4-19(2)5-7-21)34-18-25-29-24(17-35-25)28(33)30-12-14-36-15-13-30/h4-9,16-17,27H,3,10-15,18H2,1-2H3. The van der Waals surface area contributed by atoms with Gasteiger partial charge in [0.2, 0.25) is 11.8 Å². The Labute approximate surface area is 215 Å². The van der Waals surface area contributed by atoms with Crippen molar-refractivity contribution >= 4 is 23.6 Å². The molecule has 1 fully saturated rings. The van der Waals surface area contributed by atoms with Crippen molar-refractivity contribution in [3.63, 3.8) is 0 Å². The molecule has 5 rings (SSSR count). The molecule has 36 heavy (non-hydrogen) atoms. The number of oxazole rings is 1. The van der Waals surface area contributed by atoms with E-state index in [1.54, 1.807) is 0 Å². The van der Waals surface area contributed by atoms with Gasteiger partial charge >= 0.3 is 0 Å². The minimum Gasteiger partial charge on any atom is -0.484 e. The number of hydrogen-bond donors (Lipinski definition) is 0. The molecule has 8 heteroatoms. The summed E-state index contributed by atoms with van der Waals surface area (Å²) in [7, 11) is 0. The molecule has 1 atom stereocenters. The lowest BCUT2D eigenvalue weighted by Gasteiger charge is -2.38. The van der Waals surface area contributed by atoms with Crippen LogP contribution in [0.5, 0.6) is 5.75 Å². The van der Waals surface area contributed by atoms with Gasteiger partial charge in [-0.2, -0.15) is 11.8 Å². The predicted molar refractivity (Wildman–Crippen MR) is 139 cm³/mol. The van der Waals surface area contributed by atoms with Gasteiger partial charge in [-0.15, -0.1) is 0 Å². The van der Waals surface area contributed by atoms with Crippen molar-refractivity contribution in [2.45, 2.75) is 39.3 Å². The lowest BCUT2D eigenvalue weighted by molar-refractivity contribution is -0.132. The van der Waals surface area contributed by atoms with Crippen LogP contribution in [0.15, 0.2) is 53.1 Å². The van der Waals surface area contributed by atoms with E-state index < -0.39 is 0 Å². The maximum atomic E-state index is 12.8. The van der Waals surface area contributed by atoms with Crippen molar-refractivity contribution in [1.82, 2.24) is 14.8 Å². The number of thioether (sulfide) groups is 1. The summed E-state index contributed by atoms with van der Waals surface area (Å²) in [5, 5.41) is 0. The number of carbonyl (C=O) groups excluding carboxylic acids is 2. The van der Waals surface area contributed by atoms with Gasteiger partial charge in [-0.05, 0) is 42.2 Å². The molecule has 2 aliphatic rings. The fraction of sp³-hybridized carbons (Fsp3) is 0.393. The van der Waals surface area contributed by atoms with E-state index in [0.717, 1.165) is 42.1 Å². The Kier molecular flexibility index (Phi) is 7.32. The zero-order valence-corrected chi connectivity index (χ0v) is 21.6. The number of ether oxygens (including phenoxy) is 1. The molecule has 0 aliphatic carbocycles. The average Bonchev–Trinajstić information content (AvgIpc) is 3.40. The minimum atomic E-state index is -0.154. The molecule has 2 aliphatic heterocycles. The minimum absolute atomic E-state index is 0.0966. The number of aromatic nitrogens is 1. The molecule has 7 nitrogen and oxygen atoms in total. The van der Waals surface area contributed by atoms with E-state index in [9.17, 15) is 9.59 Å². The molecule has 1 saturated heterocycles. The third-order valence-corrected chi connectivity index (χ3v) is 7.74. The highest BCUT2D eigenvalue weighted by Gasteiger charge is 2.31. The summed E-state index contributed by atoms with van der Waals surface area (Å²) in [6.07, 6.45) is 2.69. The maximum absolute atomic E-state index is 12.8. The normalized spacial score (nSPS) is 17.6. The van der Waals surface area contributed by atoms with Crippen LogP contribution < -0.4 is 4.74 Å². The number of hydrogen-bond acceptors (Lipinski definition) is 6. The van der Waals surface area contributed by atoms with Crippen LogP contribution >= 0.6 is 11.8 Å². The second-order valence-electron chi connectivity index (χ2n) is 9.18. The first-order valence-corrected chi connectivity index (χ1v) is 13.6. The third-order valence-electron chi connectivity index (χ3n) is 6.79. The molecular weight excluding hydrogens is 474 g/mol. The van der Waals surface area contributed by atoms with E-state index in [-0.39, 0.29) is 24.5 Å². The zero-order chi connectivity index (χ0) is 25.1. The van der Waals surface area contributed by atoms with Crippen LogP contribution in [0.4, 0.5) is 0 Å². The second-order valence-corrected chi connectivity index (χ2v) is 10.4. The highest BCUT2D eigenvalue weighted by molar-refractivity contribution is 7.99. The van der Waals surface area contributed by atoms with Crippen LogP contribution in [-0.2, 0) is 17.8 Å². The van der Waals surface area contributed by atoms with Crippen molar-refractivity contribution in [3.8, 4) is 5.75 Å². The van der Waals surface area contributed by atoms with Gasteiger partial charge in [-0.1, -0.05) is 42.8 Å². The van der Waals surface area contributed by atoms with E-state index >= 15 is 0 Å². The van der Waals surface area contributed by atoms with E-state index in [1.165, 1.54) is 17.4 Å². The van der Waals surface area contributed by atoms with Crippen LogP contribution in [-0.4, -0.2) is 57.7 Å². The van der Waals surface area contributed by atoms with E-state index in [4.69, 9.17) is 9.15 Å². The molecule has 0 radical (unpaired) electrons. The van der Waals surface area contributed by atoms with Crippen molar-refractivity contribution < 1.29 is 18.7 Å². The number of amides is 2. The number of benzene rings is 2. The monoisotopic (exact) mass is 505 g/mol. The van der Waals surface area contributed by atoms with Crippen LogP contribution in [0.1, 0.15) is 58.0 Å². The summed E-state index contributed by atoms with van der Waals surface area (Å²) < 4.78 is 11.6. The maximum Gasteiger partial charge on any atom is 0.275 e. The molecule has 2 amide bonds. The van der Waals surface area contributed by atoms with Gasteiger partial charge in [0.05, 0.1) is 6.04 Å². The molecule has 2 aromatic carbocycles. The number of carbonyl (C=O) groups is 2. The summed E-state index contributed by atoms with van der Waals surface area (Å²) >= 11 is 1.85. The molecule has 188 valence electrons. The number of rotatable bonds is 6. The smallest absolute Gasteiger partial charge is 0.275 e. The fourth-order valence-corrected chi connectivity index (χ4v) is 5.71. The summed E-state index contributed by atoms with van der Waals surface area (Å²) in [5.41, 5.74) is 4.89. The number of nitrogens with zero attached hydrogens (tertiary/aromatic N) is 3. The number of aryl methyl sites for hydroxylation is 1. The Balaban J connectivity index is 1.34. The Morgan fingerprint density at radius 2 is 1.89 bits per heavy atom. The van der Waals surface area contributed by atoms with Gasteiger partial charge in [0, 0.05) is 37.6 Å². The summed E-state index contributed by atoms with van der Waals surface area (Å²) in [6.45, 7) is 6.25. The van der Waals surface area contributed by atoms with Gasteiger partial charge < -0.3 is 19.0 Å².